The first-order valence-electron chi connectivity index (χ1n) is 5.51. The van der Waals surface area contributed by atoms with Crippen LogP contribution < -0.4 is 0 Å². The van der Waals surface area contributed by atoms with Gasteiger partial charge in [0.25, 0.3) is 0 Å². The summed E-state index contributed by atoms with van der Waals surface area (Å²) in [6.45, 7) is 1.89. The van der Waals surface area contributed by atoms with Crippen LogP contribution >= 0.6 is 0 Å². The zero-order valence-electron chi connectivity index (χ0n) is 9.10. The van der Waals surface area contributed by atoms with Crippen molar-refractivity contribution in [3.63, 3.8) is 0 Å². The molecule has 0 atom stereocenters. The maximum absolute atomic E-state index is 11.2. The number of fused-ring (bicyclic) bond motifs is 1. The summed E-state index contributed by atoms with van der Waals surface area (Å²) in [5.74, 6) is 0.262. The van der Waals surface area contributed by atoms with E-state index in [0.717, 1.165) is 35.6 Å². The molecule has 82 valence electrons. The molecule has 1 fully saturated rings. The van der Waals surface area contributed by atoms with Crippen molar-refractivity contribution in [2.75, 3.05) is 0 Å². The lowest BCUT2D eigenvalue weighted by molar-refractivity contribution is 0.111. The van der Waals surface area contributed by atoms with Crippen molar-refractivity contribution in [3.8, 4) is 5.75 Å². The van der Waals surface area contributed by atoms with Gasteiger partial charge in [0, 0.05) is 11.4 Å². The molecule has 0 bridgehead atoms. The number of aryl methyl sites for hydroxylation is 1. The van der Waals surface area contributed by atoms with Crippen LogP contribution in [-0.4, -0.2) is 16.0 Å². The monoisotopic (exact) mass is 215 g/mol. The standard InChI is InChI=1S/C13H13NO2/c1-8-11(7-15)14(9-5-6-9)10-3-2-4-12(16)13(8)10/h2-4,7,9,16H,5-6H2,1H3. The number of benzene rings is 1. The molecule has 1 aliphatic rings. The van der Waals surface area contributed by atoms with E-state index in [4.69, 9.17) is 0 Å². The summed E-state index contributed by atoms with van der Waals surface area (Å²) in [5.41, 5.74) is 2.57. The number of carbonyl (C=O) groups excluding carboxylic acids is 1. The molecule has 1 heterocycles. The molecule has 0 aliphatic heterocycles. The molecule has 1 N–H and O–H groups in total. The fraction of sp³-hybridized carbons (Fsp3) is 0.308. The summed E-state index contributed by atoms with van der Waals surface area (Å²) in [5, 5.41) is 10.7. The van der Waals surface area contributed by atoms with Crippen LogP contribution in [0.25, 0.3) is 10.9 Å². The van der Waals surface area contributed by atoms with E-state index in [1.54, 1.807) is 6.07 Å². The second-order valence-corrected chi connectivity index (χ2v) is 4.40. The van der Waals surface area contributed by atoms with E-state index in [1.807, 2.05) is 19.1 Å². The molecular weight excluding hydrogens is 202 g/mol. The minimum atomic E-state index is 0.262. The molecule has 1 aliphatic carbocycles. The quantitative estimate of drug-likeness (QED) is 0.783. The van der Waals surface area contributed by atoms with Gasteiger partial charge in [-0.25, -0.2) is 0 Å². The lowest BCUT2D eigenvalue weighted by Crippen LogP contribution is -1.99. The minimum Gasteiger partial charge on any atom is -0.507 e. The van der Waals surface area contributed by atoms with Crippen LogP contribution in [0.1, 0.15) is 34.9 Å². The molecule has 0 radical (unpaired) electrons. The van der Waals surface area contributed by atoms with E-state index in [1.165, 1.54) is 0 Å². The fourth-order valence-corrected chi connectivity index (χ4v) is 2.42. The van der Waals surface area contributed by atoms with Crippen LogP contribution in [0.4, 0.5) is 0 Å². The van der Waals surface area contributed by atoms with Crippen LogP contribution in [-0.2, 0) is 0 Å². The molecule has 3 nitrogen and oxygen atoms in total. The van der Waals surface area contributed by atoms with Gasteiger partial charge in [-0.05, 0) is 37.5 Å². The molecule has 1 aromatic carbocycles. The van der Waals surface area contributed by atoms with Crippen LogP contribution in [0, 0.1) is 6.92 Å². The molecule has 0 unspecified atom stereocenters. The average molecular weight is 215 g/mol. The van der Waals surface area contributed by atoms with Crippen LogP contribution in [0.5, 0.6) is 5.75 Å². The Morgan fingerprint density at radius 2 is 2.19 bits per heavy atom. The molecule has 3 rings (SSSR count). The smallest absolute Gasteiger partial charge is 0.166 e. The number of phenols is 1. The van der Waals surface area contributed by atoms with E-state index >= 15 is 0 Å². The number of hydrogen-bond acceptors (Lipinski definition) is 2. The molecule has 0 amide bonds. The summed E-state index contributed by atoms with van der Waals surface area (Å²) in [7, 11) is 0. The number of phenolic OH excluding ortho intramolecular Hbond substituents is 1. The van der Waals surface area contributed by atoms with E-state index in [2.05, 4.69) is 4.57 Å². The maximum Gasteiger partial charge on any atom is 0.166 e. The van der Waals surface area contributed by atoms with Gasteiger partial charge < -0.3 is 9.67 Å². The third kappa shape index (κ3) is 1.11. The Morgan fingerprint density at radius 1 is 1.44 bits per heavy atom. The van der Waals surface area contributed by atoms with Gasteiger partial charge in [-0.3, -0.25) is 4.79 Å². The summed E-state index contributed by atoms with van der Waals surface area (Å²) in [4.78, 5) is 11.2. The van der Waals surface area contributed by atoms with Crippen molar-refractivity contribution < 1.29 is 9.90 Å². The third-order valence-corrected chi connectivity index (χ3v) is 3.32. The Hall–Kier alpha value is -1.77. The highest BCUT2D eigenvalue weighted by Crippen LogP contribution is 2.42. The number of aromatic hydroxyl groups is 1. The number of carbonyl (C=O) groups is 1. The highest BCUT2D eigenvalue weighted by atomic mass is 16.3. The van der Waals surface area contributed by atoms with Crippen molar-refractivity contribution in [2.24, 2.45) is 0 Å². The number of aldehydes is 1. The topological polar surface area (TPSA) is 42.2 Å². The van der Waals surface area contributed by atoms with Gasteiger partial charge in [-0.1, -0.05) is 6.07 Å². The van der Waals surface area contributed by atoms with Gasteiger partial charge in [0.1, 0.15) is 5.75 Å². The first kappa shape index (κ1) is 9.46. The molecule has 2 aromatic rings. The highest BCUT2D eigenvalue weighted by Gasteiger charge is 2.29. The Labute approximate surface area is 93.3 Å². The summed E-state index contributed by atoms with van der Waals surface area (Å²) >= 11 is 0. The SMILES string of the molecule is Cc1c(C=O)n(C2CC2)c2cccc(O)c12. The Bertz CT molecular complexity index is 579. The summed E-state index contributed by atoms with van der Waals surface area (Å²) < 4.78 is 2.07. The molecule has 0 saturated heterocycles. The van der Waals surface area contributed by atoms with Crippen LogP contribution in [0.15, 0.2) is 18.2 Å². The molecular formula is C13H13NO2. The predicted octanol–water partition coefficient (Wildman–Crippen LogP) is 2.80. The zero-order valence-corrected chi connectivity index (χ0v) is 9.10. The Kier molecular flexibility index (Phi) is 1.84. The average Bonchev–Trinajstić information content (AvgIpc) is 3.05. The highest BCUT2D eigenvalue weighted by molar-refractivity contribution is 5.96. The van der Waals surface area contributed by atoms with Crippen molar-refractivity contribution in [3.05, 3.63) is 29.5 Å². The fourth-order valence-electron chi connectivity index (χ4n) is 2.42. The van der Waals surface area contributed by atoms with Crippen LogP contribution in [0.3, 0.4) is 0 Å². The molecule has 1 aromatic heterocycles. The predicted molar refractivity (Wildman–Crippen MR) is 62.0 cm³/mol. The second-order valence-electron chi connectivity index (χ2n) is 4.40. The van der Waals surface area contributed by atoms with Crippen LogP contribution in [0.2, 0.25) is 0 Å². The van der Waals surface area contributed by atoms with E-state index < -0.39 is 0 Å². The van der Waals surface area contributed by atoms with E-state index in [9.17, 15) is 9.90 Å². The maximum atomic E-state index is 11.2. The Morgan fingerprint density at radius 3 is 2.81 bits per heavy atom. The largest absolute Gasteiger partial charge is 0.507 e. The first-order valence-corrected chi connectivity index (χ1v) is 5.51. The second kappa shape index (κ2) is 3.11. The van der Waals surface area contributed by atoms with Gasteiger partial charge >= 0.3 is 0 Å². The van der Waals surface area contributed by atoms with Gasteiger partial charge in [0.15, 0.2) is 6.29 Å². The lowest BCUT2D eigenvalue weighted by atomic mass is 10.1. The molecule has 3 heteroatoms. The van der Waals surface area contributed by atoms with Crippen molar-refractivity contribution in [1.29, 1.82) is 0 Å². The van der Waals surface area contributed by atoms with E-state index in [0.29, 0.717) is 11.7 Å². The first-order chi connectivity index (χ1) is 7.74. The summed E-state index contributed by atoms with van der Waals surface area (Å²) in [6, 6.07) is 5.90. The van der Waals surface area contributed by atoms with Crippen molar-refractivity contribution >= 4 is 17.2 Å². The number of nitrogens with zero attached hydrogens (tertiary/aromatic N) is 1. The molecule has 0 spiro atoms. The van der Waals surface area contributed by atoms with Crippen molar-refractivity contribution in [2.45, 2.75) is 25.8 Å². The zero-order chi connectivity index (χ0) is 11.3. The van der Waals surface area contributed by atoms with Gasteiger partial charge in [-0.2, -0.15) is 0 Å². The number of rotatable bonds is 2. The Balaban J connectivity index is 2.45. The molecule has 1 saturated carbocycles. The number of aromatic nitrogens is 1. The lowest BCUT2D eigenvalue weighted by Gasteiger charge is -2.04. The van der Waals surface area contributed by atoms with Gasteiger partial charge in [-0.15, -0.1) is 0 Å². The molecule has 16 heavy (non-hydrogen) atoms. The third-order valence-electron chi connectivity index (χ3n) is 3.32. The van der Waals surface area contributed by atoms with E-state index in [-0.39, 0.29) is 5.75 Å². The summed E-state index contributed by atoms with van der Waals surface area (Å²) in [6.07, 6.45) is 3.15. The van der Waals surface area contributed by atoms with Gasteiger partial charge in [0.2, 0.25) is 0 Å². The van der Waals surface area contributed by atoms with Crippen molar-refractivity contribution in [1.82, 2.24) is 4.57 Å². The number of hydrogen-bond donors (Lipinski definition) is 1. The van der Waals surface area contributed by atoms with Gasteiger partial charge in [0.05, 0.1) is 11.2 Å². The normalized spacial score (nSPS) is 15.6. The minimum absolute atomic E-state index is 0.262.